The molecular weight excluding hydrogens is 218 g/mol. The quantitative estimate of drug-likeness (QED) is 0.729. The van der Waals surface area contributed by atoms with Gasteiger partial charge in [-0.05, 0) is 23.8 Å². The van der Waals surface area contributed by atoms with Crippen LogP contribution in [0.5, 0.6) is 0 Å². The number of halogens is 1. The van der Waals surface area contributed by atoms with Crippen LogP contribution in [-0.2, 0) is 6.54 Å². The molecule has 16 heavy (non-hydrogen) atoms. The maximum atomic E-state index is 5.99. The number of benzene rings is 1. The fraction of sp³-hybridized carbons (Fsp3) is 0.571. The molecule has 2 heteroatoms. The zero-order valence-corrected chi connectivity index (χ0v) is 10.7. The van der Waals surface area contributed by atoms with Crippen molar-refractivity contribution in [2.24, 2.45) is 11.8 Å². The first-order valence-electron chi connectivity index (χ1n) is 6.10. The summed E-state index contributed by atoms with van der Waals surface area (Å²) in [5.41, 5.74) is 1.41. The maximum absolute atomic E-state index is 5.99. The van der Waals surface area contributed by atoms with Crippen molar-refractivity contribution in [1.82, 2.24) is 4.90 Å². The van der Waals surface area contributed by atoms with Gasteiger partial charge in [-0.2, -0.15) is 0 Å². The molecule has 0 aromatic heterocycles. The molecule has 0 amide bonds. The first kappa shape index (κ1) is 11.9. The molecule has 1 aromatic carbocycles. The lowest BCUT2D eigenvalue weighted by molar-refractivity contribution is 0.136. The first-order valence-corrected chi connectivity index (χ1v) is 6.63. The van der Waals surface area contributed by atoms with Crippen LogP contribution in [-0.4, -0.2) is 23.9 Å². The maximum Gasteiger partial charge on any atom is 0.0264 e. The fourth-order valence-electron chi connectivity index (χ4n) is 2.68. The van der Waals surface area contributed by atoms with Gasteiger partial charge in [0.15, 0.2) is 0 Å². The average molecular weight is 238 g/mol. The van der Waals surface area contributed by atoms with Crippen molar-refractivity contribution >= 4 is 11.6 Å². The SMILES string of the molecule is CC1CC(CCl)CN(Cc2ccccc2)C1. The Labute approximate surface area is 103 Å². The summed E-state index contributed by atoms with van der Waals surface area (Å²) in [6, 6.07) is 10.7. The van der Waals surface area contributed by atoms with Gasteiger partial charge < -0.3 is 0 Å². The molecule has 88 valence electrons. The molecule has 0 aliphatic carbocycles. The Morgan fingerprint density at radius 2 is 2.00 bits per heavy atom. The molecule has 0 N–H and O–H groups in total. The van der Waals surface area contributed by atoms with Crippen LogP contribution in [0.1, 0.15) is 18.9 Å². The third-order valence-corrected chi connectivity index (χ3v) is 3.73. The van der Waals surface area contributed by atoms with E-state index in [1.165, 1.54) is 18.5 Å². The lowest BCUT2D eigenvalue weighted by atomic mass is 9.91. The van der Waals surface area contributed by atoms with E-state index >= 15 is 0 Å². The third-order valence-electron chi connectivity index (χ3n) is 3.29. The Hall–Kier alpha value is -0.530. The molecule has 2 unspecified atom stereocenters. The summed E-state index contributed by atoms with van der Waals surface area (Å²) in [4.78, 5) is 2.54. The van der Waals surface area contributed by atoms with Crippen molar-refractivity contribution in [1.29, 1.82) is 0 Å². The summed E-state index contributed by atoms with van der Waals surface area (Å²) in [5.74, 6) is 2.26. The van der Waals surface area contributed by atoms with Crippen molar-refractivity contribution in [3.63, 3.8) is 0 Å². The topological polar surface area (TPSA) is 3.24 Å². The van der Waals surface area contributed by atoms with Crippen LogP contribution in [0.4, 0.5) is 0 Å². The predicted octanol–water partition coefficient (Wildman–Crippen LogP) is 3.38. The fourth-order valence-corrected chi connectivity index (χ4v) is 2.90. The molecule has 0 radical (unpaired) electrons. The minimum absolute atomic E-state index is 0.675. The summed E-state index contributed by atoms with van der Waals surface area (Å²) in [5, 5.41) is 0. The molecule has 1 nitrogen and oxygen atoms in total. The normalized spacial score (nSPS) is 26.9. The smallest absolute Gasteiger partial charge is 0.0264 e. The molecular formula is C14H20ClN. The highest BCUT2D eigenvalue weighted by Gasteiger charge is 2.23. The van der Waals surface area contributed by atoms with Crippen molar-refractivity contribution < 1.29 is 0 Å². The monoisotopic (exact) mass is 237 g/mol. The molecule has 0 saturated carbocycles. The summed E-state index contributed by atoms with van der Waals surface area (Å²) in [6.07, 6.45) is 1.29. The zero-order valence-electron chi connectivity index (χ0n) is 9.90. The number of nitrogens with zero attached hydrogens (tertiary/aromatic N) is 1. The largest absolute Gasteiger partial charge is 0.299 e. The lowest BCUT2D eigenvalue weighted by Crippen LogP contribution is -2.39. The van der Waals surface area contributed by atoms with Gasteiger partial charge in [0.1, 0.15) is 0 Å². The Kier molecular flexibility index (Phi) is 4.25. The van der Waals surface area contributed by atoms with Crippen molar-refractivity contribution in [3.05, 3.63) is 35.9 Å². The van der Waals surface area contributed by atoms with Gasteiger partial charge in [0.25, 0.3) is 0 Å². The highest BCUT2D eigenvalue weighted by Crippen LogP contribution is 2.23. The van der Waals surface area contributed by atoms with Crippen molar-refractivity contribution in [3.8, 4) is 0 Å². The van der Waals surface area contributed by atoms with Crippen LogP contribution in [0.15, 0.2) is 30.3 Å². The molecule has 1 aliphatic rings. The van der Waals surface area contributed by atoms with Gasteiger partial charge in [-0.15, -0.1) is 11.6 Å². The number of alkyl halides is 1. The first-order chi connectivity index (χ1) is 7.78. The Morgan fingerprint density at radius 1 is 1.25 bits per heavy atom. The van der Waals surface area contributed by atoms with E-state index in [-0.39, 0.29) is 0 Å². The minimum atomic E-state index is 0.675. The van der Waals surface area contributed by atoms with Crippen LogP contribution in [0.2, 0.25) is 0 Å². The second kappa shape index (κ2) is 5.70. The minimum Gasteiger partial charge on any atom is -0.299 e. The van der Waals surface area contributed by atoms with Crippen molar-refractivity contribution in [2.45, 2.75) is 19.9 Å². The van der Waals surface area contributed by atoms with Gasteiger partial charge in [-0.3, -0.25) is 4.90 Å². The second-order valence-corrected chi connectivity index (χ2v) is 5.35. The van der Waals surface area contributed by atoms with Gasteiger partial charge in [0, 0.05) is 25.5 Å². The molecule has 1 fully saturated rings. The van der Waals surface area contributed by atoms with E-state index in [2.05, 4.69) is 42.2 Å². The van der Waals surface area contributed by atoms with Gasteiger partial charge in [0.2, 0.25) is 0 Å². The Morgan fingerprint density at radius 3 is 2.69 bits per heavy atom. The number of hydrogen-bond acceptors (Lipinski definition) is 1. The molecule has 2 atom stereocenters. The molecule has 2 rings (SSSR count). The number of rotatable bonds is 3. The van der Waals surface area contributed by atoms with E-state index in [0.29, 0.717) is 5.92 Å². The Balaban J connectivity index is 1.94. The number of hydrogen-bond donors (Lipinski definition) is 0. The molecule has 0 spiro atoms. The van der Waals surface area contributed by atoms with Gasteiger partial charge in [-0.1, -0.05) is 37.3 Å². The second-order valence-electron chi connectivity index (χ2n) is 5.04. The third kappa shape index (κ3) is 3.23. The van der Waals surface area contributed by atoms with Crippen molar-refractivity contribution in [2.75, 3.05) is 19.0 Å². The van der Waals surface area contributed by atoms with Crippen LogP contribution < -0.4 is 0 Å². The van der Waals surface area contributed by atoms with E-state index in [1.54, 1.807) is 0 Å². The van der Waals surface area contributed by atoms with Crippen LogP contribution in [0.25, 0.3) is 0 Å². The van der Waals surface area contributed by atoms with E-state index < -0.39 is 0 Å². The van der Waals surface area contributed by atoms with Crippen LogP contribution >= 0.6 is 11.6 Å². The van der Waals surface area contributed by atoms with E-state index in [9.17, 15) is 0 Å². The molecule has 1 heterocycles. The molecule has 0 bridgehead atoms. The highest BCUT2D eigenvalue weighted by molar-refractivity contribution is 6.18. The van der Waals surface area contributed by atoms with E-state index in [1.807, 2.05) is 0 Å². The lowest BCUT2D eigenvalue weighted by Gasteiger charge is -2.35. The van der Waals surface area contributed by atoms with E-state index in [4.69, 9.17) is 11.6 Å². The summed E-state index contributed by atoms with van der Waals surface area (Å²) < 4.78 is 0. The zero-order chi connectivity index (χ0) is 11.4. The predicted molar refractivity (Wildman–Crippen MR) is 69.7 cm³/mol. The van der Waals surface area contributed by atoms with Crippen LogP contribution in [0, 0.1) is 11.8 Å². The highest BCUT2D eigenvalue weighted by atomic mass is 35.5. The Bertz CT molecular complexity index is 312. The van der Waals surface area contributed by atoms with Crippen LogP contribution in [0.3, 0.4) is 0 Å². The van der Waals surface area contributed by atoms with Gasteiger partial charge in [0.05, 0.1) is 0 Å². The number of likely N-dealkylation sites (tertiary alicyclic amines) is 1. The molecule has 1 aromatic rings. The molecule has 1 saturated heterocycles. The van der Waals surface area contributed by atoms with Gasteiger partial charge >= 0.3 is 0 Å². The average Bonchev–Trinajstić information content (AvgIpc) is 2.29. The molecule has 1 aliphatic heterocycles. The summed E-state index contributed by atoms with van der Waals surface area (Å²) in [6.45, 7) is 5.76. The summed E-state index contributed by atoms with van der Waals surface area (Å²) >= 11 is 5.99. The standard InChI is InChI=1S/C14H20ClN/c1-12-7-14(8-15)11-16(9-12)10-13-5-3-2-4-6-13/h2-6,12,14H,7-11H2,1H3. The summed E-state index contributed by atoms with van der Waals surface area (Å²) in [7, 11) is 0. The van der Waals surface area contributed by atoms with Gasteiger partial charge in [-0.25, -0.2) is 0 Å². The number of piperidine rings is 1. The van der Waals surface area contributed by atoms with E-state index in [0.717, 1.165) is 24.9 Å².